The molecule has 180 valence electrons. The van der Waals surface area contributed by atoms with Crippen LogP contribution in [0.4, 0.5) is 13.2 Å². The number of benzene rings is 2. The largest absolute Gasteiger partial charge is 0.416 e. The topological polar surface area (TPSA) is 15.7 Å². The highest BCUT2D eigenvalue weighted by atomic mass is 19.4. The molecule has 0 saturated carbocycles. The van der Waals surface area contributed by atoms with Crippen LogP contribution in [0, 0.1) is 0 Å². The van der Waals surface area contributed by atoms with Crippen LogP contribution in [0.25, 0.3) is 0 Å². The van der Waals surface area contributed by atoms with Crippen LogP contribution in [0.3, 0.4) is 0 Å². The van der Waals surface area contributed by atoms with Crippen LogP contribution in [0.15, 0.2) is 54.6 Å². The van der Waals surface area contributed by atoms with Gasteiger partial charge in [0.25, 0.3) is 0 Å². The summed E-state index contributed by atoms with van der Waals surface area (Å²) >= 11 is 0. The van der Waals surface area contributed by atoms with Crippen LogP contribution in [0.2, 0.25) is 0 Å². The molecule has 0 atom stereocenters. The molecule has 0 spiro atoms. The van der Waals surface area contributed by atoms with Crippen molar-refractivity contribution in [2.75, 3.05) is 45.9 Å². The SMILES string of the molecule is FC(F)(F)c1cccc(C2(OCCN3CCCCC3)CCN(CCc3ccccc3)CC2)c1. The molecule has 0 unspecified atom stereocenters. The molecule has 0 aromatic heterocycles. The minimum atomic E-state index is -4.35. The summed E-state index contributed by atoms with van der Waals surface area (Å²) in [6.45, 7) is 6.19. The van der Waals surface area contributed by atoms with E-state index in [0.29, 0.717) is 25.0 Å². The zero-order chi connectivity index (χ0) is 23.2. The van der Waals surface area contributed by atoms with Gasteiger partial charge in [0.2, 0.25) is 0 Å². The summed E-state index contributed by atoms with van der Waals surface area (Å²) in [6.07, 6.45) is 1.77. The van der Waals surface area contributed by atoms with E-state index in [4.69, 9.17) is 4.74 Å². The molecular weight excluding hydrogens is 425 g/mol. The zero-order valence-corrected chi connectivity index (χ0v) is 19.3. The third kappa shape index (κ3) is 6.58. The molecule has 33 heavy (non-hydrogen) atoms. The molecule has 3 nitrogen and oxygen atoms in total. The van der Waals surface area contributed by atoms with Gasteiger partial charge in [-0.2, -0.15) is 13.2 Å². The third-order valence-electron chi connectivity index (χ3n) is 7.17. The molecule has 0 bridgehead atoms. The molecule has 0 N–H and O–H groups in total. The van der Waals surface area contributed by atoms with Crippen molar-refractivity contribution in [3.63, 3.8) is 0 Å². The number of hydrogen-bond acceptors (Lipinski definition) is 3. The van der Waals surface area contributed by atoms with Gasteiger partial charge in [0.15, 0.2) is 0 Å². The summed E-state index contributed by atoms with van der Waals surface area (Å²) in [5.74, 6) is 0. The average molecular weight is 461 g/mol. The summed E-state index contributed by atoms with van der Waals surface area (Å²) in [4.78, 5) is 4.82. The first-order valence-corrected chi connectivity index (χ1v) is 12.2. The monoisotopic (exact) mass is 460 g/mol. The number of ether oxygens (including phenoxy) is 1. The van der Waals surface area contributed by atoms with Gasteiger partial charge in [0.05, 0.1) is 17.8 Å². The molecular formula is C27H35F3N2O. The average Bonchev–Trinajstić information content (AvgIpc) is 2.84. The van der Waals surface area contributed by atoms with E-state index in [9.17, 15) is 13.2 Å². The van der Waals surface area contributed by atoms with E-state index < -0.39 is 17.3 Å². The van der Waals surface area contributed by atoms with Crippen LogP contribution >= 0.6 is 0 Å². The molecule has 2 fully saturated rings. The summed E-state index contributed by atoms with van der Waals surface area (Å²) in [5, 5.41) is 0. The van der Waals surface area contributed by atoms with E-state index in [-0.39, 0.29) is 0 Å². The third-order valence-corrected chi connectivity index (χ3v) is 7.17. The first-order chi connectivity index (χ1) is 15.9. The van der Waals surface area contributed by atoms with E-state index in [2.05, 4.69) is 34.1 Å². The fourth-order valence-corrected chi connectivity index (χ4v) is 5.12. The van der Waals surface area contributed by atoms with Crippen molar-refractivity contribution in [2.45, 2.75) is 50.3 Å². The van der Waals surface area contributed by atoms with Crippen LogP contribution in [-0.4, -0.2) is 55.7 Å². The van der Waals surface area contributed by atoms with Gasteiger partial charge in [-0.05, 0) is 68.5 Å². The molecule has 2 aromatic carbocycles. The van der Waals surface area contributed by atoms with E-state index >= 15 is 0 Å². The molecule has 2 heterocycles. The van der Waals surface area contributed by atoms with Gasteiger partial charge in [0, 0.05) is 26.2 Å². The van der Waals surface area contributed by atoms with Crippen molar-refractivity contribution in [3.05, 3.63) is 71.3 Å². The molecule has 4 rings (SSSR count). The van der Waals surface area contributed by atoms with Crippen molar-refractivity contribution < 1.29 is 17.9 Å². The molecule has 0 aliphatic carbocycles. The summed E-state index contributed by atoms with van der Waals surface area (Å²) in [7, 11) is 0. The van der Waals surface area contributed by atoms with Gasteiger partial charge in [-0.3, -0.25) is 0 Å². The maximum Gasteiger partial charge on any atom is 0.416 e. The lowest BCUT2D eigenvalue weighted by atomic mass is 9.83. The Morgan fingerprint density at radius 3 is 2.18 bits per heavy atom. The van der Waals surface area contributed by atoms with Gasteiger partial charge in [0.1, 0.15) is 0 Å². The maximum atomic E-state index is 13.4. The van der Waals surface area contributed by atoms with Gasteiger partial charge in [-0.15, -0.1) is 0 Å². The molecule has 6 heteroatoms. The van der Waals surface area contributed by atoms with Crippen LogP contribution in [-0.2, 0) is 22.9 Å². The number of nitrogens with zero attached hydrogens (tertiary/aromatic N) is 2. The van der Waals surface area contributed by atoms with Gasteiger partial charge >= 0.3 is 6.18 Å². The highest BCUT2D eigenvalue weighted by Gasteiger charge is 2.39. The summed E-state index contributed by atoms with van der Waals surface area (Å²) in [5.41, 5.74) is 0.731. The van der Waals surface area contributed by atoms with E-state index in [1.165, 1.54) is 37.0 Å². The van der Waals surface area contributed by atoms with Crippen molar-refractivity contribution in [1.29, 1.82) is 0 Å². The highest BCUT2D eigenvalue weighted by molar-refractivity contribution is 5.31. The second-order valence-corrected chi connectivity index (χ2v) is 9.40. The van der Waals surface area contributed by atoms with Crippen LogP contribution in [0.5, 0.6) is 0 Å². The fourth-order valence-electron chi connectivity index (χ4n) is 5.12. The lowest BCUT2D eigenvalue weighted by Crippen LogP contribution is -2.46. The Balaban J connectivity index is 1.43. The Bertz CT molecular complexity index is 857. The van der Waals surface area contributed by atoms with Gasteiger partial charge in [-0.1, -0.05) is 48.9 Å². The second-order valence-electron chi connectivity index (χ2n) is 9.40. The lowest BCUT2D eigenvalue weighted by Gasteiger charge is -2.43. The number of likely N-dealkylation sites (tertiary alicyclic amines) is 2. The smallest absolute Gasteiger partial charge is 0.369 e. The Kier molecular flexibility index (Phi) is 8.10. The Morgan fingerprint density at radius 1 is 0.788 bits per heavy atom. The Hall–Kier alpha value is -1.89. The van der Waals surface area contributed by atoms with Crippen molar-refractivity contribution in [3.8, 4) is 0 Å². The molecule has 0 amide bonds. The van der Waals surface area contributed by atoms with Gasteiger partial charge in [-0.25, -0.2) is 0 Å². The van der Waals surface area contributed by atoms with Crippen molar-refractivity contribution in [2.24, 2.45) is 0 Å². The van der Waals surface area contributed by atoms with E-state index in [1.54, 1.807) is 0 Å². The second kappa shape index (κ2) is 11.0. The Morgan fingerprint density at radius 2 is 1.48 bits per heavy atom. The standard InChI is InChI=1S/C27H35F3N2O/c28-27(29,30)25-11-7-10-24(22-25)26(33-21-20-31-15-5-2-6-16-31)13-18-32(19-14-26)17-12-23-8-3-1-4-9-23/h1,3-4,7-11,22H,2,5-6,12-21H2. The minimum absolute atomic E-state index is 0.556. The number of piperidine rings is 2. The van der Waals surface area contributed by atoms with Crippen LogP contribution in [0.1, 0.15) is 48.8 Å². The lowest BCUT2D eigenvalue weighted by molar-refractivity contribution is -0.138. The molecule has 2 aliphatic heterocycles. The maximum absolute atomic E-state index is 13.4. The minimum Gasteiger partial charge on any atom is -0.369 e. The van der Waals surface area contributed by atoms with Gasteiger partial charge < -0.3 is 14.5 Å². The number of alkyl halides is 3. The Labute approximate surface area is 195 Å². The van der Waals surface area contributed by atoms with E-state index in [1.807, 2.05) is 12.1 Å². The normalized spacial score (nSPS) is 20.1. The molecule has 2 aliphatic rings. The highest BCUT2D eigenvalue weighted by Crippen LogP contribution is 2.39. The molecule has 2 saturated heterocycles. The molecule has 0 radical (unpaired) electrons. The first kappa shape index (κ1) is 24.2. The number of halogens is 3. The fraction of sp³-hybridized carbons (Fsp3) is 0.556. The number of hydrogen-bond donors (Lipinski definition) is 0. The predicted molar refractivity (Wildman–Crippen MR) is 125 cm³/mol. The number of rotatable bonds is 8. The molecule has 2 aromatic rings. The predicted octanol–water partition coefficient (Wildman–Crippen LogP) is 5.74. The van der Waals surface area contributed by atoms with Crippen molar-refractivity contribution in [1.82, 2.24) is 9.80 Å². The first-order valence-electron chi connectivity index (χ1n) is 12.2. The quantitative estimate of drug-likeness (QED) is 0.500. The van der Waals surface area contributed by atoms with E-state index in [0.717, 1.165) is 51.8 Å². The summed E-state index contributed by atoms with van der Waals surface area (Å²) in [6, 6.07) is 16.2. The van der Waals surface area contributed by atoms with Crippen LogP contribution < -0.4 is 0 Å². The summed E-state index contributed by atoms with van der Waals surface area (Å²) < 4.78 is 46.8. The zero-order valence-electron chi connectivity index (χ0n) is 19.3. The van der Waals surface area contributed by atoms with Crippen molar-refractivity contribution >= 4 is 0 Å².